The van der Waals surface area contributed by atoms with E-state index in [2.05, 4.69) is 16.8 Å². The molecule has 1 aliphatic carbocycles. The number of carbonyl (C=O) groups excluding carboxylic acids is 1. The van der Waals surface area contributed by atoms with Crippen LogP contribution in [0.3, 0.4) is 0 Å². The summed E-state index contributed by atoms with van der Waals surface area (Å²) in [7, 11) is 0. The fraction of sp³-hybridized carbons (Fsp3) is 0.250. The second kappa shape index (κ2) is 6.82. The Morgan fingerprint density at radius 3 is 2.30 bits per heavy atom. The number of hydrogen-bond donors (Lipinski definition) is 1. The van der Waals surface area contributed by atoms with Crippen LogP contribution in [0.5, 0.6) is 0 Å². The lowest BCUT2D eigenvalue weighted by atomic mass is 10.1. The average molecular weight is 270 g/mol. The highest BCUT2D eigenvalue weighted by molar-refractivity contribution is 6.17. The second-order valence-electron chi connectivity index (χ2n) is 4.43. The lowest BCUT2D eigenvalue weighted by molar-refractivity contribution is -0.110. The molecular weight excluding hydrogens is 252 g/mol. The van der Waals surface area contributed by atoms with E-state index in [-0.39, 0.29) is 12.4 Å². The molecule has 0 radical (unpaired) electrons. The van der Waals surface area contributed by atoms with E-state index in [1.807, 2.05) is 24.3 Å². The number of hydrogen-bond acceptors (Lipinski definition) is 4. The summed E-state index contributed by atoms with van der Waals surface area (Å²) in [6.45, 7) is 3.67. The van der Waals surface area contributed by atoms with E-state index in [1.54, 1.807) is 12.2 Å². The molecule has 1 N–H and O–H groups in total. The molecule has 0 spiro atoms. The molecule has 0 unspecified atom stereocenters. The lowest BCUT2D eigenvalue weighted by Gasteiger charge is -2.21. The van der Waals surface area contributed by atoms with Crippen LogP contribution in [0.1, 0.15) is 6.92 Å². The van der Waals surface area contributed by atoms with Gasteiger partial charge in [0.1, 0.15) is 0 Å². The molecule has 0 saturated carbocycles. The number of rotatable bonds is 5. The van der Waals surface area contributed by atoms with Gasteiger partial charge in [-0.15, -0.1) is 0 Å². The minimum absolute atomic E-state index is 0.0121. The van der Waals surface area contributed by atoms with Crippen LogP contribution < -0.4 is 4.90 Å². The van der Waals surface area contributed by atoms with Crippen LogP contribution in [-0.2, 0) is 4.79 Å². The number of anilines is 1. The van der Waals surface area contributed by atoms with Gasteiger partial charge in [0, 0.05) is 18.8 Å². The Hall–Kier alpha value is -2.20. The van der Waals surface area contributed by atoms with Crippen molar-refractivity contribution in [2.24, 2.45) is 4.99 Å². The van der Waals surface area contributed by atoms with Gasteiger partial charge in [-0.1, -0.05) is 0 Å². The summed E-state index contributed by atoms with van der Waals surface area (Å²) in [6.07, 6.45) is 6.43. The van der Waals surface area contributed by atoms with E-state index in [1.165, 1.54) is 12.2 Å². The number of aliphatic hydroxyl groups is 1. The van der Waals surface area contributed by atoms with Crippen LogP contribution >= 0.6 is 0 Å². The van der Waals surface area contributed by atoms with Gasteiger partial charge in [-0.2, -0.15) is 0 Å². The Balaban J connectivity index is 2.12. The molecule has 4 heteroatoms. The van der Waals surface area contributed by atoms with Gasteiger partial charge in [0.25, 0.3) is 0 Å². The van der Waals surface area contributed by atoms with Crippen LogP contribution in [-0.4, -0.2) is 36.3 Å². The summed E-state index contributed by atoms with van der Waals surface area (Å²) >= 11 is 0. The molecule has 0 heterocycles. The van der Waals surface area contributed by atoms with Gasteiger partial charge < -0.3 is 10.0 Å². The van der Waals surface area contributed by atoms with E-state index >= 15 is 0 Å². The Morgan fingerprint density at radius 2 is 1.75 bits per heavy atom. The average Bonchev–Trinajstić information content (AvgIpc) is 2.48. The summed E-state index contributed by atoms with van der Waals surface area (Å²) < 4.78 is 0. The van der Waals surface area contributed by atoms with Gasteiger partial charge in [0.15, 0.2) is 5.78 Å². The van der Waals surface area contributed by atoms with Gasteiger partial charge in [-0.05, 0) is 55.5 Å². The molecule has 4 nitrogen and oxygen atoms in total. The number of aliphatic imine (C=N–C) groups is 1. The van der Waals surface area contributed by atoms with Gasteiger partial charge in [-0.25, -0.2) is 4.99 Å². The third-order valence-electron chi connectivity index (χ3n) is 3.06. The Bertz CT molecular complexity index is 538. The Kier molecular flexibility index (Phi) is 4.85. The predicted molar refractivity (Wildman–Crippen MR) is 81.8 cm³/mol. The van der Waals surface area contributed by atoms with Gasteiger partial charge in [-0.3, -0.25) is 4.79 Å². The largest absolute Gasteiger partial charge is 0.395 e. The van der Waals surface area contributed by atoms with E-state index in [0.717, 1.165) is 23.6 Å². The normalized spacial score (nSPS) is 13.7. The minimum atomic E-state index is -0.0121. The van der Waals surface area contributed by atoms with Crippen molar-refractivity contribution in [3.63, 3.8) is 0 Å². The van der Waals surface area contributed by atoms with Crippen molar-refractivity contribution < 1.29 is 9.90 Å². The van der Waals surface area contributed by atoms with E-state index in [4.69, 9.17) is 5.11 Å². The molecule has 0 bridgehead atoms. The van der Waals surface area contributed by atoms with Crippen molar-refractivity contribution in [1.29, 1.82) is 0 Å². The molecule has 104 valence electrons. The van der Waals surface area contributed by atoms with Crippen LogP contribution in [0.25, 0.3) is 0 Å². The maximum atomic E-state index is 11.0. The Morgan fingerprint density at radius 1 is 1.10 bits per heavy atom. The fourth-order valence-electron chi connectivity index (χ4n) is 2.00. The molecule has 0 aromatic heterocycles. The number of ketones is 1. The molecule has 0 atom stereocenters. The zero-order valence-electron chi connectivity index (χ0n) is 11.5. The van der Waals surface area contributed by atoms with Gasteiger partial charge in [0.05, 0.1) is 18.0 Å². The number of likely N-dealkylation sites (N-methyl/N-ethyl adjacent to an activating group) is 1. The molecule has 2 rings (SSSR count). The maximum Gasteiger partial charge on any atom is 0.178 e. The van der Waals surface area contributed by atoms with Crippen molar-refractivity contribution in [1.82, 2.24) is 0 Å². The van der Waals surface area contributed by atoms with Crippen molar-refractivity contribution >= 4 is 22.9 Å². The minimum Gasteiger partial charge on any atom is -0.395 e. The zero-order valence-corrected chi connectivity index (χ0v) is 11.5. The monoisotopic (exact) mass is 270 g/mol. The van der Waals surface area contributed by atoms with E-state index in [9.17, 15) is 4.79 Å². The third-order valence-corrected chi connectivity index (χ3v) is 3.06. The maximum absolute atomic E-state index is 11.0. The summed E-state index contributed by atoms with van der Waals surface area (Å²) in [5.74, 6) is -0.0121. The van der Waals surface area contributed by atoms with Crippen molar-refractivity contribution in [3.05, 3.63) is 48.6 Å². The summed E-state index contributed by atoms with van der Waals surface area (Å²) in [6, 6.07) is 7.83. The zero-order chi connectivity index (χ0) is 14.4. The lowest BCUT2D eigenvalue weighted by Crippen LogP contribution is -2.25. The summed E-state index contributed by atoms with van der Waals surface area (Å²) in [5, 5.41) is 9.02. The van der Waals surface area contributed by atoms with Crippen LogP contribution in [0.2, 0.25) is 0 Å². The van der Waals surface area contributed by atoms with Crippen LogP contribution in [0.15, 0.2) is 53.6 Å². The molecule has 0 saturated heterocycles. The first kappa shape index (κ1) is 14.2. The van der Waals surface area contributed by atoms with Gasteiger partial charge in [0.2, 0.25) is 0 Å². The number of nitrogens with zero attached hydrogens (tertiary/aromatic N) is 2. The van der Waals surface area contributed by atoms with Crippen molar-refractivity contribution in [2.45, 2.75) is 6.92 Å². The molecule has 1 aromatic rings. The highest BCUT2D eigenvalue weighted by Gasteiger charge is 2.04. The highest BCUT2D eigenvalue weighted by atomic mass is 16.3. The SMILES string of the molecule is CCN(CCO)c1ccc(N=C2C=CC(=O)C=C2)cc1. The number of benzene rings is 1. The van der Waals surface area contributed by atoms with Crippen LogP contribution in [0.4, 0.5) is 11.4 Å². The molecule has 0 aliphatic heterocycles. The van der Waals surface area contributed by atoms with Crippen molar-refractivity contribution in [3.8, 4) is 0 Å². The smallest absolute Gasteiger partial charge is 0.178 e. The fourth-order valence-corrected chi connectivity index (χ4v) is 2.00. The standard InChI is InChI=1S/C16H18N2O2/c1-2-18(11-12-19)15-7-3-13(4-8-15)17-14-5-9-16(20)10-6-14/h3-10,19H,2,11-12H2,1H3. The quantitative estimate of drug-likeness (QED) is 0.835. The predicted octanol–water partition coefficient (Wildman–Crippen LogP) is 2.27. The Labute approximate surface area is 118 Å². The number of carbonyl (C=O) groups is 1. The molecule has 0 fully saturated rings. The van der Waals surface area contributed by atoms with E-state index in [0.29, 0.717) is 6.54 Å². The molecule has 20 heavy (non-hydrogen) atoms. The van der Waals surface area contributed by atoms with E-state index < -0.39 is 0 Å². The van der Waals surface area contributed by atoms with Gasteiger partial charge >= 0.3 is 0 Å². The van der Waals surface area contributed by atoms with Crippen molar-refractivity contribution in [2.75, 3.05) is 24.6 Å². The topological polar surface area (TPSA) is 52.9 Å². The van der Waals surface area contributed by atoms with Crippen LogP contribution in [0, 0.1) is 0 Å². The first-order valence-corrected chi connectivity index (χ1v) is 6.67. The first-order chi connectivity index (χ1) is 9.72. The number of aliphatic hydroxyl groups excluding tert-OH is 1. The number of allylic oxidation sites excluding steroid dienone is 4. The second-order valence-corrected chi connectivity index (χ2v) is 4.43. The summed E-state index contributed by atoms with van der Waals surface area (Å²) in [5.41, 5.74) is 2.67. The molecule has 1 aromatic carbocycles. The molecule has 0 amide bonds. The molecule has 1 aliphatic rings. The first-order valence-electron chi connectivity index (χ1n) is 6.67. The third kappa shape index (κ3) is 3.65. The molecular formula is C16H18N2O2. The summed E-state index contributed by atoms with van der Waals surface area (Å²) in [4.78, 5) is 17.6. The highest BCUT2D eigenvalue weighted by Crippen LogP contribution is 2.20.